The van der Waals surface area contributed by atoms with E-state index in [9.17, 15) is 14.4 Å². The summed E-state index contributed by atoms with van der Waals surface area (Å²) < 4.78 is 4.49. The molecule has 1 fully saturated rings. The molecular weight excluding hydrogens is 238 g/mol. The third kappa shape index (κ3) is 3.69. The van der Waals surface area contributed by atoms with Gasteiger partial charge in [0.15, 0.2) is 0 Å². The minimum Gasteiger partial charge on any atom is -0.469 e. The van der Waals surface area contributed by atoms with Gasteiger partial charge in [-0.15, -0.1) is 0 Å². The van der Waals surface area contributed by atoms with Gasteiger partial charge in [-0.2, -0.15) is 0 Å². The zero-order valence-electron chi connectivity index (χ0n) is 10.6. The third-order valence-electron chi connectivity index (χ3n) is 2.84. The first-order chi connectivity index (χ1) is 8.60. The van der Waals surface area contributed by atoms with E-state index in [1.807, 2.05) is 0 Å². The number of ether oxygens (including phenoxy) is 1. The van der Waals surface area contributed by atoms with E-state index in [-0.39, 0.29) is 18.9 Å². The van der Waals surface area contributed by atoms with Gasteiger partial charge in [-0.25, -0.2) is 0 Å². The lowest BCUT2D eigenvalue weighted by Gasteiger charge is -2.33. The van der Waals surface area contributed by atoms with Crippen LogP contribution in [0.25, 0.3) is 0 Å². The van der Waals surface area contributed by atoms with Gasteiger partial charge in [-0.3, -0.25) is 14.4 Å². The Bertz CT molecular complexity index is 332. The molecule has 0 atom stereocenters. The minimum absolute atomic E-state index is 0.109. The zero-order valence-corrected chi connectivity index (χ0v) is 10.6. The van der Waals surface area contributed by atoms with Crippen molar-refractivity contribution in [2.24, 2.45) is 5.73 Å². The second kappa shape index (κ2) is 6.95. The number of carbonyl (C=O) groups is 3. The molecule has 1 rings (SSSR count). The second-order valence-corrected chi connectivity index (χ2v) is 4.05. The van der Waals surface area contributed by atoms with Gasteiger partial charge in [0.1, 0.15) is 0 Å². The summed E-state index contributed by atoms with van der Waals surface area (Å²) in [7, 11) is 1.29. The number of esters is 1. The molecule has 102 valence electrons. The lowest BCUT2D eigenvalue weighted by atomic mass is 10.2. The Balaban J connectivity index is 2.45. The van der Waals surface area contributed by atoms with Gasteiger partial charge in [-0.05, 0) is 13.0 Å². The molecule has 0 saturated carbocycles. The largest absolute Gasteiger partial charge is 0.469 e. The SMILES string of the molecule is COC(=O)CCN1CCN(CCCN)C(=O)C1=O. The normalized spacial score (nSPS) is 16.1. The van der Waals surface area contributed by atoms with E-state index in [0.717, 1.165) is 0 Å². The van der Waals surface area contributed by atoms with Gasteiger partial charge in [0.05, 0.1) is 13.5 Å². The quantitative estimate of drug-likeness (QED) is 0.465. The van der Waals surface area contributed by atoms with Crippen LogP contribution < -0.4 is 5.73 Å². The lowest BCUT2D eigenvalue weighted by Crippen LogP contribution is -2.54. The molecule has 0 aliphatic carbocycles. The van der Waals surface area contributed by atoms with E-state index in [2.05, 4.69) is 4.74 Å². The molecule has 0 aromatic carbocycles. The fourth-order valence-electron chi connectivity index (χ4n) is 1.75. The maximum atomic E-state index is 11.8. The molecule has 1 heterocycles. The van der Waals surface area contributed by atoms with Crippen LogP contribution in [0.2, 0.25) is 0 Å². The number of rotatable bonds is 6. The third-order valence-corrected chi connectivity index (χ3v) is 2.84. The minimum atomic E-state index is -0.554. The van der Waals surface area contributed by atoms with E-state index in [0.29, 0.717) is 32.6 Å². The molecule has 18 heavy (non-hydrogen) atoms. The zero-order chi connectivity index (χ0) is 13.5. The molecule has 2 N–H and O–H groups in total. The van der Waals surface area contributed by atoms with Crippen molar-refractivity contribution >= 4 is 17.8 Å². The molecule has 2 amide bonds. The van der Waals surface area contributed by atoms with E-state index in [4.69, 9.17) is 5.73 Å². The van der Waals surface area contributed by atoms with Crippen molar-refractivity contribution in [3.8, 4) is 0 Å². The highest BCUT2D eigenvalue weighted by molar-refractivity contribution is 6.35. The summed E-state index contributed by atoms with van der Waals surface area (Å²) in [6.07, 6.45) is 0.791. The molecule has 7 heteroatoms. The van der Waals surface area contributed by atoms with Crippen LogP contribution in [0.3, 0.4) is 0 Å². The number of hydrogen-bond donors (Lipinski definition) is 1. The molecule has 7 nitrogen and oxygen atoms in total. The standard InChI is InChI=1S/C11H19N3O4/c1-18-9(15)3-6-14-8-7-13(5-2-4-12)10(16)11(14)17/h2-8,12H2,1H3. The van der Waals surface area contributed by atoms with Crippen molar-refractivity contribution in [3.63, 3.8) is 0 Å². The first kappa shape index (κ1) is 14.4. The predicted octanol–water partition coefficient (Wildman–Crippen LogP) is -1.43. The topological polar surface area (TPSA) is 92.9 Å². The first-order valence-corrected chi connectivity index (χ1v) is 5.95. The number of methoxy groups -OCH3 is 1. The summed E-state index contributed by atoms with van der Waals surface area (Å²) in [5.41, 5.74) is 5.36. The van der Waals surface area contributed by atoms with Crippen LogP contribution in [0.1, 0.15) is 12.8 Å². The van der Waals surface area contributed by atoms with E-state index in [1.165, 1.54) is 16.9 Å². The summed E-state index contributed by atoms with van der Waals surface area (Å²) in [6, 6.07) is 0. The monoisotopic (exact) mass is 257 g/mol. The molecule has 1 aliphatic rings. The number of nitrogens with two attached hydrogens (primary N) is 1. The van der Waals surface area contributed by atoms with Crippen molar-refractivity contribution in [2.45, 2.75) is 12.8 Å². The van der Waals surface area contributed by atoms with Crippen LogP contribution in [-0.2, 0) is 19.1 Å². The van der Waals surface area contributed by atoms with Gasteiger partial charge < -0.3 is 20.3 Å². The van der Waals surface area contributed by atoms with Crippen LogP contribution in [0.4, 0.5) is 0 Å². The smallest absolute Gasteiger partial charge is 0.312 e. The Labute approximate surface area is 106 Å². The Kier molecular flexibility index (Phi) is 5.57. The van der Waals surface area contributed by atoms with E-state index < -0.39 is 11.8 Å². The van der Waals surface area contributed by atoms with Gasteiger partial charge in [0, 0.05) is 26.2 Å². The number of piperazine rings is 1. The number of amides is 2. The maximum Gasteiger partial charge on any atom is 0.312 e. The van der Waals surface area contributed by atoms with Crippen molar-refractivity contribution in [1.29, 1.82) is 0 Å². The lowest BCUT2D eigenvalue weighted by molar-refractivity contribution is -0.156. The predicted molar refractivity (Wildman–Crippen MR) is 63.5 cm³/mol. The van der Waals surface area contributed by atoms with E-state index >= 15 is 0 Å². The average molecular weight is 257 g/mol. The number of hydrogen-bond acceptors (Lipinski definition) is 5. The molecule has 0 aromatic rings. The van der Waals surface area contributed by atoms with Crippen molar-refractivity contribution < 1.29 is 19.1 Å². The molecule has 1 saturated heterocycles. The first-order valence-electron chi connectivity index (χ1n) is 5.95. The summed E-state index contributed by atoms with van der Waals surface area (Å²) in [5.74, 6) is -1.46. The fourth-order valence-corrected chi connectivity index (χ4v) is 1.75. The Morgan fingerprint density at radius 3 is 2.28 bits per heavy atom. The van der Waals surface area contributed by atoms with Crippen molar-refractivity contribution in [2.75, 3.05) is 39.8 Å². The number of nitrogens with zero attached hydrogens (tertiary/aromatic N) is 2. The summed E-state index contributed by atoms with van der Waals surface area (Å²) >= 11 is 0. The molecule has 0 bridgehead atoms. The Morgan fingerprint density at radius 1 is 1.22 bits per heavy atom. The van der Waals surface area contributed by atoms with Crippen LogP contribution >= 0.6 is 0 Å². The molecular formula is C11H19N3O4. The van der Waals surface area contributed by atoms with Crippen LogP contribution in [-0.4, -0.2) is 67.4 Å². The number of carbonyl (C=O) groups excluding carboxylic acids is 3. The van der Waals surface area contributed by atoms with Gasteiger partial charge in [0.2, 0.25) is 0 Å². The molecule has 0 radical (unpaired) electrons. The van der Waals surface area contributed by atoms with Crippen molar-refractivity contribution in [3.05, 3.63) is 0 Å². The summed E-state index contributed by atoms with van der Waals surface area (Å²) in [6.45, 7) is 2.16. The van der Waals surface area contributed by atoms with Crippen LogP contribution in [0.5, 0.6) is 0 Å². The Hall–Kier alpha value is -1.63. The highest BCUT2D eigenvalue weighted by Crippen LogP contribution is 2.06. The van der Waals surface area contributed by atoms with Crippen molar-refractivity contribution in [1.82, 2.24) is 9.80 Å². The van der Waals surface area contributed by atoms with Gasteiger partial charge >= 0.3 is 17.8 Å². The van der Waals surface area contributed by atoms with E-state index in [1.54, 1.807) is 0 Å². The van der Waals surface area contributed by atoms with Crippen LogP contribution in [0.15, 0.2) is 0 Å². The Morgan fingerprint density at radius 2 is 1.78 bits per heavy atom. The molecule has 0 unspecified atom stereocenters. The highest BCUT2D eigenvalue weighted by atomic mass is 16.5. The maximum absolute atomic E-state index is 11.8. The average Bonchev–Trinajstić information content (AvgIpc) is 2.39. The van der Waals surface area contributed by atoms with Gasteiger partial charge in [-0.1, -0.05) is 0 Å². The second-order valence-electron chi connectivity index (χ2n) is 4.05. The molecule has 1 aliphatic heterocycles. The molecule has 0 aromatic heterocycles. The molecule has 0 spiro atoms. The summed E-state index contributed by atoms with van der Waals surface area (Å²) in [5, 5.41) is 0. The highest BCUT2D eigenvalue weighted by Gasteiger charge is 2.31. The van der Waals surface area contributed by atoms with Crippen LogP contribution in [0, 0.1) is 0 Å². The summed E-state index contributed by atoms with van der Waals surface area (Å²) in [4.78, 5) is 37.4. The fraction of sp³-hybridized carbons (Fsp3) is 0.727. The van der Waals surface area contributed by atoms with Gasteiger partial charge in [0.25, 0.3) is 0 Å².